The van der Waals surface area contributed by atoms with Gasteiger partial charge in [0.25, 0.3) is 0 Å². The van der Waals surface area contributed by atoms with Gasteiger partial charge in [-0.05, 0) is 43.2 Å². The Balaban J connectivity index is 1.48. The fourth-order valence-corrected chi connectivity index (χ4v) is 3.57. The molecule has 0 N–H and O–H groups in total. The third kappa shape index (κ3) is 3.55. The molecule has 4 rings (SSSR count). The number of carbonyl (C=O) groups excluding carboxylic acids is 1. The number of rotatable bonds is 4. The van der Waals surface area contributed by atoms with Crippen molar-refractivity contribution >= 4 is 12.0 Å². The van der Waals surface area contributed by atoms with Crippen LogP contribution in [0.15, 0.2) is 64.0 Å². The van der Waals surface area contributed by atoms with Crippen molar-refractivity contribution < 1.29 is 9.21 Å². The molecule has 0 unspecified atom stereocenters. The number of likely N-dealkylation sites (tertiary alicyclic amines) is 1. The van der Waals surface area contributed by atoms with Crippen LogP contribution in [-0.2, 0) is 11.8 Å². The minimum atomic E-state index is -0.152. The van der Waals surface area contributed by atoms with E-state index in [0.717, 1.165) is 24.4 Å². The van der Waals surface area contributed by atoms with E-state index in [-0.39, 0.29) is 17.5 Å². The summed E-state index contributed by atoms with van der Waals surface area (Å²) in [6.45, 7) is 1.26. The molecule has 7 heteroatoms. The molecule has 1 aliphatic heterocycles. The highest BCUT2D eigenvalue weighted by molar-refractivity contribution is 5.91. The Morgan fingerprint density at radius 3 is 2.57 bits per heavy atom. The van der Waals surface area contributed by atoms with Crippen LogP contribution in [0.4, 0.5) is 0 Å². The van der Waals surface area contributed by atoms with Crippen molar-refractivity contribution in [3.8, 4) is 5.69 Å². The first kappa shape index (κ1) is 18.0. The van der Waals surface area contributed by atoms with Gasteiger partial charge < -0.3 is 9.32 Å². The number of nitrogens with zero attached hydrogens (tertiary/aromatic N) is 4. The average molecular weight is 378 g/mol. The normalized spacial score (nSPS) is 15.4. The van der Waals surface area contributed by atoms with Crippen LogP contribution in [0.25, 0.3) is 11.8 Å². The Morgan fingerprint density at radius 1 is 1.14 bits per heavy atom. The topological polar surface area (TPSA) is 73.3 Å². The summed E-state index contributed by atoms with van der Waals surface area (Å²) >= 11 is 0. The molecule has 1 aromatic carbocycles. The minimum absolute atomic E-state index is 0.0312. The molecule has 7 nitrogen and oxygen atoms in total. The van der Waals surface area contributed by atoms with Crippen LogP contribution in [0.5, 0.6) is 0 Å². The monoisotopic (exact) mass is 378 g/mol. The summed E-state index contributed by atoms with van der Waals surface area (Å²) in [6, 6.07) is 13.1. The number of furan rings is 1. The molecule has 1 amide bonds. The molecule has 0 atom stereocenters. The molecular formula is C21H22N4O3. The largest absolute Gasteiger partial charge is 0.465 e. The van der Waals surface area contributed by atoms with Gasteiger partial charge in [0.15, 0.2) is 0 Å². The van der Waals surface area contributed by atoms with Crippen molar-refractivity contribution in [3.63, 3.8) is 0 Å². The van der Waals surface area contributed by atoms with Crippen molar-refractivity contribution in [2.75, 3.05) is 13.1 Å². The quantitative estimate of drug-likeness (QED) is 0.654. The molecule has 0 bridgehead atoms. The minimum Gasteiger partial charge on any atom is -0.465 e. The van der Waals surface area contributed by atoms with E-state index in [2.05, 4.69) is 5.10 Å². The summed E-state index contributed by atoms with van der Waals surface area (Å²) in [7, 11) is 1.67. The third-order valence-electron chi connectivity index (χ3n) is 5.07. The van der Waals surface area contributed by atoms with Crippen LogP contribution in [0, 0.1) is 0 Å². The summed E-state index contributed by atoms with van der Waals surface area (Å²) in [6.07, 6.45) is 6.34. The second-order valence-corrected chi connectivity index (χ2v) is 6.88. The number of amides is 1. The highest BCUT2D eigenvalue weighted by Crippen LogP contribution is 2.27. The number of hydrogen-bond donors (Lipinski definition) is 0. The number of aryl methyl sites for hydroxylation is 1. The van der Waals surface area contributed by atoms with E-state index in [1.165, 1.54) is 4.68 Å². The SMILES string of the molecule is Cn1nc(C2CCN(C(=O)C=Cc3ccco3)CC2)n(-c2ccccc2)c1=O. The molecule has 0 aliphatic carbocycles. The summed E-state index contributed by atoms with van der Waals surface area (Å²) in [5.74, 6) is 1.52. The maximum absolute atomic E-state index is 12.6. The van der Waals surface area contributed by atoms with Crippen molar-refractivity contribution in [1.82, 2.24) is 19.2 Å². The van der Waals surface area contributed by atoms with Crippen molar-refractivity contribution in [2.45, 2.75) is 18.8 Å². The zero-order valence-corrected chi connectivity index (χ0v) is 15.7. The van der Waals surface area contributed by atoms with E-state index in [9.17, 15) is 9.59 Å². The lowest BCUT2D eigenvalue weighted by atomic mass is 9.95. The standard InChI is InChI=1S/C21H22N4O3/c1-23-21(27)25(17-6-3-2-4-7-17)20(22-23)16-11-13-24(14-12-16)19(26)10-9-18-8-5-15-28-18/h2-10,15-16H,11-14H2,1H3. The smallest absolute Gasteiger partial charge is 0.350 e. The number of hydrogen-bond acceptors (Lipinski definition) is 4. The van der Waals surface area contributed by atoms with Gasteiger partial charge in [-0.2, -0.15) is 5.10 Å². The molecule has 3 aromatic rings. The van der Waals surface area contributed by atoms with Gasteiger partial charge in [0.1, 0.15) is 11.6 Å². The van der Waals surface area contributed by atoms with E-state index in [4.69, 9.17) is 4.42 Å². The third-order valence-corrected chi connectivity index (χ3v) is 5.07. The van der Waals surface area contributed by atoms with Gasteiger partial charge in [0, 0.05) is 32.1 Å². The van der Waals surface area contributed by atoms with Gasteiger partial charge >= 0.3 is 5.69 Å². The number of benzene rings is 1. The van der Waals surface area contributed by atoms with Crippen LogP contribution >= 0.6 is 0 Å². The Labute approximate surface area is 162 Å². The second-order valence-electron chi connectivity index (χ2n) is 6.88. The van der Waals surface area contributed by atoms with Gasteiger partial charge in [-0.1, -0.05) is 18.2 Å². The van der Waals surface area contributed by atoms with Gasteiger partial charge in [0.2, 0.25) is 5.91 Å². The second kappa shape index (κ2) is 7.72. The van der Waals surface area contributed by atoms with Crippen LogP contribution in [-0.4, -0.2) is 38.2 Å². The van der Waals surface area contributed by atoms with E-state index >= 15 is 0 Å². The zero-order chi connectivity index (χ0) is 19.5. The number of carbonyl (C=O) groups is 1. The molecule has 1 fully saturated rings. The molecule has 144 valence electrons. The Kier molecular flexibility index (Phi) is 4.97. The van der Waals surface area contributed by atoms with Crippen LogP contribution in [0.1, 0.15) is 30.3 Å². The molecule has 1 saturated heterocycles. The van der Waals surface area contributed by atoms with Crippen LogP contribution < -0.4 is 5.69 Å². The van der Waals surface area contributed by atoms with Crippen LogP contribution in [0.2, 0.25) is 0 Å². The number of piperidine rings is 1. The van der Waals surface area contributed by atoms with Crippen molar-refractivity contribution in [2.24, 2.45) is 7.05 Å². The Hall–Kier alpha value is -3.35. The van der Waals surface area contributed by atoms with Gasteiger partial charge in [-0.3, -0.25) is 4.79 Å². The van der Waals surface area contributed by atoms with Crippen molar-refractivity contribution in [1.29, 1.82) is 0 Å². The highest BCUT2D eigenvalue weighted by atomic mass is 16.3. The molecule has 28 heavy (non-hydrogen) atoms. The zero-order valence-electron chi connectivity index (χ0n) is 15.7. The van der Waals surface area contributed by atoms with E-state index in [0.29, 0.717) is 18.8 Å². The summed E-state index contributed by atoms with van der Waals surface area (Å²) < 4.78 is 8.27. The average Bonchev–Trinajstić information content (AvgIpc) is 3.35. The fourth-order valence-electron chi connectivity index (χ4n) is 3.57. The lowest BCUT2D eigenvalue weighted by Gasteiger charge is -2.30. The highest BCUT2D eigenvalue weighted by Gasteiger charge is 2.28. The van der Waals surface area contributed by atoms with Gasteiger partial charge in [-0.25, -0.2) is 14.0 Å². The van der Waals surface area contributed by atoms with E-state index < -0.39 is 0 Å². The van der Waals surface area contributed by atoms with Gasteiger partial charge in [-0.15, -0.1) is 0 Å². The molecule has 0 spiro atoms. The molecule has 0 radical (unpaired) electrons. The lowest BCUT2D eigenvalue weighted by Crippen LogP contribution is -2.37. The Bertz CT molecular complexity index is 1020. The summed E-state index contributed by atoms with van der Waals surface area (Å²) in [5, 5.41) is 4.49. The maximum atomic E-state index is 12.6. The fraction of sp³-hybridized carbons (Fsp3) is 0.286. The maximum Gasteiger partial charge on any atom is 0.350 e. The molecule has 0 saturated carbocycles. The first-order valence-electron chi connectivity index (χ1n) is 9.35. The van der Waals surface area contributed by atoms with Gasteiger partial charge in [0.05, 0.1) is 12.0 Å². The molecular weight excluding hydrogens is 356 g/mol. The number of para-hydroxylation sites is 1. The lowest BCUT2D eigenvalue weighted by molar-refractivity contribution is -0.127. The first-order valence-corrected chi connectivity index (χ1v) is 9.35. The predicted molar refractivity (Wildman–Crippen MR) is 105 cm³/mol. The molecule has 1 aliphatic rings. The van der Waals surface area contributed by atoms with Crippen molar-refractivity contribution in [3.05, 3.63) is 76.9 Å². The molecule has 2 aromatic heterocycles. The number of aromatic nitrogens is 3. The summed E-state index contributed by atoms with van der Waals surface area (Å²) in [5.41, 5.74) is 0.663. The molecule has 3 heterocycles. The van der Waals surface area contributed by atoms with E-state index in [1.807, 2.05) is 35.2 Å². The predicted octanol–water partition coefficient (Wildman–Crippen LogP) is 2.58. The summed E-state index contributed by atoms with van der Waals surface area (Å²) in [4.78, 5) is 26.8. The Morgan fingerprint density at radius 2 is 1.89 bits per heavy atom. The van der Waals surface area contributed by atoms with E-state index in [1.54, 1.807) is 42.2 Å². The first-order chi connectivity index (χ1) is 13.6. The van der Waals surface area contributed by atoms with Crippen LogP contribution in [0.3, 0.4) is 0 Å².